The van der Waals surface area contributed by atoms with E-state index in [1.165, 1.54) is 19.4 Å². The lowest BCUT2D eigenvalue weighted by atomic mass is 10.0. The lowest BCUT2D eigenvalue weighted by molar-refractivity contribution is -0.119. The molecule has 0 spiro atoms. The first-order valence-corrected chi connectivity index (χ1v) is 8.12. The number of hydrogen-bond donors (Lipinski definition) is 1. The number of aromatic nitrogens is 1. The second kappa shape index (κ2) is 7.74. The summed E-state index contributed by atoms with van der Waals surface area (Å²) in [6, 6.07) is 4.55. The van der Waals surface area contributed by atoms with Crippen molar-refractivity contribution < 1.29 is 22.7 Å². The maximum absolute atomic E-state index is 14.3. The first-order valence-electron chi connectivity index (χ1n) is 8.12. The standard InChI is InChI=1S/C18H18F3N3O2/c1-26-10-16(25)23-17-13(14-8-11(19)2-3-15(14)21)4-6-22-18(17)24-7-5-12(20)9-24/h2-4,6,8,12H,5,7,9-10H2,1H3,(H,23,25). The summed E-state index contributed by atoms with van der Waals surface area (Å²) in [4.78, 5) is 18.0. The van der Waals surface area contributed by atoms with Crippen molar-refractivity contribution in [2.45, 2.75) is 12.6 Å². The van der Waals surface area contributed by atoms with Crippen LogP contribution in [-0.2, 0) is 9.53 Å². The Balaban J connectivity index is 2.11. The molecule has 26 heavy (non-hydrogen) atoms. The van der Waals surface area contributed by atoms with Crippen LogP contribution >= 0.6 is 0 Å². The van der Waals surface area contributed by atoms with Gasteiger partial charge in [-0.3, -0.25) is 4.79 Å². The molecule has 2 aromatic rings. The van der Waals surface area contributed by atoms with E-state index in [1.807, 2.05) is 0 Å². The van der Waals surface area contributed by atoms with Crippen molar-refractivity contribution in [2.24, 2.45) is 0 Å². The van der Waals surface area contributed by atoms with Gasteiger partial charge in [0.05, 0.1) is 12.2 Å². The number of ether oxygens (including phenoxy) is 1. The van der Waals surface area contributed by atoms with Gasteiger partial charge in [-0.15, -0.1) is 0 Å². The Bertz CT molecular complexity index is 816. The molecule has 1 aromatic heterocycles. The average molecular weight is 365 g/mol. The first-order chi connectivity index (χ1) is 12.5. The fraction of sp³-hybridized carbons (Fsp3) is 0.333. The minimum absolute atomic E-state index is 0.0163. The number of alkyl halides is 1. The summed E-state index contributed by atoms with van der Waals surface area (Å²) in [5.74, 6) is -1.42. The van der Waals surface area contributed by atoms with Gasteiger partial charge in [-0.1, -0.05) is 0 Å². The van der Waals surface area contributed by atoms with E-state index in [0.29, 0.717) is 18.8 Å². The second-order valence-corrected chi connectivity index (χ2v) is 5.99. The molecule has 1 fully saturated rings. The number of nitrogens with zero attached hydrogens (tertiary/aromatic N) is 2. The molecule has 5 nitrogen and oxygen atoms in total. The number of rotatable bonds is 5. The van der Waals surface area contributed by atoms with Gasteiger partial charge in [0.15, 0.2) is 5.82 Å². The van der Waals surface area contributed by atoms with Crippen LogP contribution in [0, 0.1) is 11.6 Å². The monoisotopic (exact) mass is 365 g/mol. The van der Waals surface area contributed by atoms with Crippen molar-refractivity contribution in [1.29, 1.82) is 0 Å². The van der Waals surface area contributed by atoms with Gasteiger partial charge >= 0.3 is 0 Å². The Morgan fingerprint density at radius 2 is 2.15 bits per heavy atom. The number of pyridine rings is 1. The molecule has 0 radical (unpaired) electrons. The van der Waals surface area contributed by atoms with Gasteiger partial charge in [-0.25, -0.2) is 18.2 Å². The van der Waals surface area contributed by atoms with Crippen LogP contribution in [0.5, 0.6) is 0 Å². The maximum Gasteiger partial charge on any atom is 0.250 e. The molecule has 1 aliphatic heterocycles. The number of anilines is 2. The molecule has 1 aliphatic rings. The van der Waals surface area contributed by atoms with E-state index < -0.39 is 23.7 Å². The van der Waals surface area contributed by atoms with Crippen LogP contribution in [0.25, 0.3) is 11.1 Å². The third kappa shape index (κ3) is 3.80. The van der Waals surface area contributed by atoms with Crippen LogP contribution < -0.4 is 10.2 Å². The van der Waals surface area contributed by atoms with Crippen molar-refractivity contribution in [3.05, 3.63) is 42.1 Å². The number of methoxy groups -OCH3 is 1. The van der Waals surface area contributed by atoms with Gasteiger partial charge in [0.2, 0.25) is 5.91 Å². The number of nitrogens with one attached hydrogen (secondary N) is 1. The van der Waals surface area contributed by atoms with Crippen LogP contribution in [0.4, 0.5) is 24.7 Å². The fourth-order valence-electron chi connectivity index (χ4n) is 2.96. The van der Waals surface area contributed by atoms with Crippen molar-refractivity contribution in [1.82, 2.24) is 4.98 Å². The van der Waals surface area contributed by atoms with Gasteiger partial charge < -0.3 is 15.0 Å². The summed E-state index contributed by atoms with van der Waals surface area (Å²) in [5.41, 5.74) is 0.448. The number of amides is 1. The largest absolute Gasteiger partial charge is 0.375 e. The number of benzene rings is 1. The zero-order valence-electron chi connectivity index (χ0n) is 14.1. The topological polar surface area (TPSA) is 54.5 Å². The molecule has 0 saturated carbocycles. The molecule has 1 unspecified atom stereocenters. The summed E-state index contributed by atoms with van der Waals surface area (Å²) in [7, 11) is 1.37. The summed E-state index contributed by atoms with van der Waals surface area (Å²) < 4.78 is 46.4. The smallest absolute Gasteiger partial charge is 0.250 e. The Morgan fingerprint density at radius 1 is 1.35 bits per heavy atom. The highest BCUT2D eigenvalue weighted by Crippen LogP contribution is 2.37. The van der Waals surface area contributed by atoms with E-state index in [1.54, 1.807) is 4.90 Å². The maximum atomic E-state index is 14.3. The van der Waals surface area contributed by atoms with Crippen LogP contribution in [0.15, 0.2) is 30.5 Å². The highest BCUT2D eigenvalue weighted by Gasteiger charge is 2.27. The molecular weight excluding hydrogens is 347 g/mol. The van der Waals surface area contributed by atoms with E-state index in [9.17, 15) is 18.0 Å². The highest BCUT2D eigenvalue weighted by atomic mass is 19.1. The summed E-state index contributed by atoms with van der Waals surface area (Å²) >= 11 is 0. The number of carbonyl (C=O) groups excluding carboxylic acids is 1. The van der Waals surface area contributed by atoms with E-state index in [2.05, 4.69) is 10.3 Å². The van der Waals surface area contributed by atoms with Gasteiger partial charge in [0.25, 0.3) is 0 Å². The van der Waals surface area contributed by atoms with Gasteiger partial charge in [0, 0.05) is 31.0 Å². The molecule has 1 N–H and O–H groups in total. The molecule has 2 heterocycles. The van der Waals surface area contributed by atoms with Crippen molar-refractivity contribution in [3.63, 3.8) is 0 Å². The SMILES string of the molecule is COCC(=O)Nc1c(-c2cc(F)ccc2F)ccnc1N1CCC(F)C1. The fourth-order valence-corrected chi connectivity index (χ4v) is 2.96. The lowest BCUT2D eigenvalue weighted by Crippen LogP contribution is -2.25. The molecular formula is C18H18F3N3O2. The predicted molar refractivity (Wildman–Crippen MR) is 91.8 cm³/mol. The Kier molecular flexibility index (Phi) is 5.41. The molecule has 8 heteroatoms. The van der Waals surface area contributed by atoms with Crippen LogP contribution in [-0.4, -0.2) is 43.9 Å². The lowest BCUT2D eigenvalue weighted by Gasteiger charge is -2.22. The number of halogens is 3. The molecule has 0 bridgehead atoms. The van der Waals surface area contributed by atoms with E-state index in [4.69, 9.17) is 4.74 Å². The zero-order valence-corrected chi connectivity index (χ0v) is 14.1. The second-order valence-electron chi connectivity index (χ2n) is 5.99. The highest BCUT2D eigenvalue weighted by molar-refractivity contribution is 6.00. The third-order valence-electron chi connectivity index (χ3n) is 4.12. The van der Waals surface area contributed by atoms with Gasteiger partial charge in [0.1, 0.15) is 24.4 Å². The van der Waals surface area contributed by atoms with Crippen molar-refractivity contribution in [3.8, 4) is 11.1 Å². The van der Waals surface area contributed by atoms with Crippen molar-refractivity contribution in [2.75, 3.05) is 37.0 Å². The third-order valence-corrected chi connectivity index (χ3v) is 4.12. The van der Waals surface area contributed by atoms with Crippen molar-refractivity contribution >= 4 is 17.4 Å². The van der Waals surface area contributed by atoms with Crippen LogP contribution in [0.2, 0.25) is 0 Å². The number of hydrogen-bond acceptors (Lipinski definition) is 4. The molecule has 1 amide bonds. The summed E-state index contributed by atoms with van der Waals surface area (Å²) in [5, 5.41) is 2.64. The summed E-state index contributed by atoms with van der Waals surface area (Å²) in [6.45, 7) is 0.316. The first kappa shape index (κ1) is 18.2. The molecule has 1 atom stereocenters. The minimum Gasteiger partial charge on any atom is -0.375 e. The minimum atomic E-state index is -1.01. The van der Waals surface area contributed by atoms with E-state index >= 15 is 0 Å². The number of carbonyl (C=O) groups is 1. The van der Waals surface area contributed by atoms with E-state index in [0.717, 1.165) is 18.2 Å². The van der Waals surface area contributed by atoms with Gasteiger partial charge in [-0.2, -0.15) is 0 Å². The van der Waals surface area contributed by atoms with E-state index in [-0.39, 0.29) is 30.0 Å². The Morgan fingerprint density at radius 3 is 2.85 bits per heavy atom. The Hall–Kier alpha value is -2.61. The molecule has 138 valence electrons. The van der Waals surface area contributed by atoms with Crippen LogP contribution in [0.3, 0.4) is 0 Å². The Labute approximate surface area is 148 Å². The normalized spacial score (nSPS) is 16.8. The molecule has 0 aliphatic carbocycles. The van der Waals surface area contributed by atoms with Gasteiger partial charge in [-0.05, 0) is 30.7 Å². The predicted octanol–water partition coefficient (Wildman–Crippen LogP) is 3.16. The summed E-state index contributed by atoms with van der Waals surface area (Å²) in [6.07, 6.45) is 0.756. The molecule has 3 rings (SSSR count). The molecule has 1 saturated heterocycles. The zero-order chi connectivity index (χ0) is 18.7. The average Bonchev–Trinajstić information content (AvgIpc) is 3.04. The van der Waals surface area contributed by atoms with Crippen LogP contribution in [0.1, 0.15) is 6.42 Å². The molecule has 1 aromatic carbocycles. The quantitative estimate of drug-likeness (QED) is 0.884.